The number of anilines is 1. The average Bonchev–Trinajstić information content (AvgIpc) is 3.27. The molecule has 2 rings (SSSR count). The lowest BCUT2D eigenvalue weighted by Crippen LogP contribution is -2.34. The van der Waals surface area contributed by atoms with Gasteiger partial charge in [-0.25, -0.2) is 8.42 Å². The van der Waals surface area contributed by atoms with Crippen LogP contribution in [0.1, 0.15) is 26.2 Å². The van der Waals surface area contributed by atoms with Crippen LogP contribution in [0, 0.1) is 10.1 Å². The lowest BCUT2D eigenvalue weighted by molar-refractivity contribution is -0.386. The van der Waals surface area contributed by atoms with E-state index in [0.29, 0.717) is 13.0 Å². The monoisotopic (exact) mass is 314 g/mol. The Morgan fingerprint density at radius 2 is 2.14 bits per heavy atom. The number of nitro groups is 1. The molecule has 0 radical (unpaired) electrons. The van der Waals surface area contributed by atoms with Crippen LogP contribution in [0.2, 0.25) is 0 Å². The van der Waals surface area contributed by atoms with Crippen LogP contribution in [-0.4, -0.2) is 30.2 Å². The van der Waals surface area contributed by atoms with E-state index in [4.69, 9.17) is 5.84 Å². The minimum atomic E-state index is -3.91. The average molecular weight is 314 g/mol. The largest absolute Gasteiger partial charge is 0.318 e. The standard InChI is InChI=1S/C12H18N4O4S/c1-2-8-15(9-6-7-9)21(19,20)11-5-3-4-10(14-13)12(11)16(17)18/h3-5,9,14H,2,6-8,13H2,1H3. The van der Waals surface area contributed by atoms with E-state index in [-0.39, 0.29) is 16.6 Å². The van der Waals surface area contributed by atoms with Gasteiger partial charge in [0.1, 0.15) is 5.69 Å². The summed E-state index contributed by atoms with van der Waals surface area (Å²) in [6.07, 6.45) is 2.24. The van der Waals surface area contributed by atoms with Crippen LogP contribution in [0.5, 0.6) is 0 Å². The van der Waals surface area contributed by atoms with Gasteiger partial charge in [-0.05, 0) is 31.4 Å². The van der Waals surface area contributed by atoms with Crippen molar-refractivity contribution in [3.8, 4) is 0 Å². The molecule has 0 aromatic heterocycles. The highest BCUT2D eigenvalue weighted by atomic mass is 32.2. The second kappa shape index (κ2) is 5.96. The molecule has 0 heterocycles. The number of nitrogens with two attached hydrogens (primary N) is 1. The molecule has 8 nitrogen and oxygen atoms in total. The van der Waals surface area contributed by atoms with Crippen molar-refractivity contribution in [3.63, 3.8) is 0 Å². The molecule has 1 fully saturated rings. The molecular formula is C12H18N4O4S. The van der Waals surface area contributed by atoms with Crippen LogP contribution in [0.4, 0.5) is 11.4 Å². The Morgan fingerprint density at radius 1 is 1.48 bits per heavy atom. The Bertz CT molecular complexity index is 643. The summed E-state index contributed by atoms with van der Waals surface area (Å²) in [6, 6.07) is 4.01. The first-order chi connectivity index (χ1) is 9.93. The fourth-order valence-corrected chi connectivity index (χ4v) is 4.20. The Balaban J connectivity index is 2.56. The van der Waals surface area contributed by atoms with Gasteiger partial charge in [0.15, 0.2) is 4.90 Å². The van der Waals surface area contributed by atoms with E-state index >= 15 is 0 Å². The van der Waals surface area contributed by atoms with Crippen molar-refractivity contribution in [2.45, 2.75) is 37.1 Å². The molecule has 1 aliphatic carbocycles. The molecule has 0 unspecified atom stereocenters. The topological polar surface area (TPSA) is 119 Å². The van der Waals surface area contributed by atoms with E-state index in [1.807, 2.05) is 6.92 Å². The molecule has 21 heavy (non-hydrogen) atoms. The van der Waals surface area contributed by atoms with E-state index in [9.17, 15) is 18.5 Å². The highest BCUT2D eigenvalue weighted by Gasteiger charge is 2.41. The van der Waals surface area contributed by atoms with Crippen LogP contribution in [0.25, 0.3) is 0 Å². The molecule has 0 saturated heterocycles. The van der Waals surface area contributed by atoms with E-state index in [0.717, 1.165) is 12.8 Å². The number of hydrogen-bond acceptors (Lipinski definition) is 6. The molecule has 0 bridgehead atoms. The molecule has 9 heteroatoms. The van der Waals surface area contributed by atoms with Crippen molar-refractivity contribution >= 4 is 21.4 Å². The number of para-hydroxylation sites is 1. The van der Waals surface area contributed by atoms with Gasteiger partial charge in [0, 0.05) is 12.6 Å². The lowest BCUT2D eigenvalue weighted by Gasteiger charge is -2.21. The Hall–Kier alpha value is -1.71. The zero-order valence-corrected chi connectivity index (χ0v) is 12.5. The van der Waals surface area contributed by atoms with Crippen LogP contribution in [-0.2, 0) is 10.0 Å². The fourth-order valence-electron chi connectivity index (χ4n) is 2.24. The van der Waals surface area contributed by atoms with Gasteiger partial charge < -0.3 is 5.43 Å². The van der Waals surface area contributed by atoms with Gasteiger partial charge in [0.05, 0.1) is 4.92 Å². The quantitative estimate of drug-likeness (QED) is 0.446. The first-order valence-electron chi connectivity index (χ1n) is 6.69. The van der Waals surface area contributed by atoms with Crippen molar-refractivity contribution in [2.75, 3.05) is 12.0 Å². The van der Waals surface area contributed by atoms with Gasteiger partial charge in [0.2, 0.25) is 10.0 Å². The third-order valence-corrected chi connectivity index (χ3v) is 5.31. The first kappa shape index (κ1) is 15.7. The van der Waals surface area contributed by atoms with Gasteiger partial charge in [-0.15, -0.1) is 0 Å². The first-order valence-corrected chi connectivity index (χ1v) is 8.13. The number of hydrazine groups is 1. The molecular weight excluding hydrogens is 296 g/mol. The third-order valence-electron chi connectivity index (χ3n) is 3.32. The Kier molecular flexibility index (Phi) is 4.45. The van der Waals surface area contributed by atoms with Crippen molar-refractivity contribution < 1.29 is 13.3 Å². The molecule has 0 atom stereocenters. The normalized spacial score (nSPS) is 15.2. The predicted molar refractivity (Wildman–Crippen MR) is 78.1 cm³/mol. The van der Waals surface area contributed by atoms with Gasteiger partial charge >= 0.3 is 5.69 Å². The maximum absolute atomic E-state index is 12.8. The molecule has 1 aromatic rings. The number of nitro benzene ring substituents is 1. The van der Waals surface area contributed by atoms with E-state index in [2.05, 4.69) is 5.43 Å². The highest BCUT2D eigenvalue weighted by molar-refractivity contribution is 7.89. The molecule has 3 N–H and O–H groups in total. The number of sulfonamides is 1. The molecule has 1 aromatic carbocycles. The maximum Gasteiger partial charge on any atom is 0.313 e. The summed E-state index contributed by atoms with van der Waals surface area (Å²) in [5.41, 5.74) is 1.65. The van der Waals surface area contributed by atoms with Gasteiger partial charge in [-0.1, -0.05) is 13.0 Å². The van der Waals surface area contributed by atoms with E-state index in [1.54, 1.807) is 0 Å². The van der Waals surface area contributed by atoms with Gasteiger partial charge in [0.25, 0.3) is 0 Å². The zero-order valence-electron chi connectivity index (χ0n) is 11.7. The zero-order chi connectivity index (χ0) is 15.6. The molecule has 0 amide bonds. The highest BCUT2D eigenvalue weighted by Crippen LogP contribution is 2.37. The SMILES string of the molecule is CCCN(C1CC1)S(=O)(=O)c1cccc(NN)c1[N+](=O)[O-]. The Morgan fingerprint density at radius 3 is 2.62 bits per heavy atom. The summed E-state index contributed by atoms with van der Waals surface area (Å²) < 4.78 is 26.9. The fraction of sp³-hybridized carbons (Fsp3) is 0.500. The minimum absolute atomic E-state index is 0.0201. The predicted octanol–water partition coefficient (Wildman–Crippen LogP) is 1.44. The van der Waals surface area contributed by atoms with Crippen molar-refractivity contribution in [1.29, 1.82) is 0 Å². The van der Waals surface area contributed by atoms with Gasteiger partial charge in [-0.2, -0.15) is 4.31 Å². The minimum Gasteiger partial charge on any atom is -0.318 e. The molecule has 0 spiro atoms. The summed E-state index contributed by atoms with van der Waals surface area (Å²) in [4.78, 5) is 10.2. The van der Waals surface area contributed by atoms with E-state index < -0.39 is 20.6 Å². The van der Waals surface area contributed by atoms with E-state index in [1.165, 1.54) is 22.5 Å². The number of rotatable bonds is 7. The summed E-state index contributed by atoms with van der Waals surface area (Å²) in [5, 5.41) is 11.2. The van der Waals surface area contributed by atoms with Crippen molar-refractivity contribution in [1.82, 2.24) is 4.31 Å². The number of nitrogens with zero attached hydrogens (tertiary/aromatic N) is 2. The molecule has 1 saturated carbocycles. The smallest absolute Gasteiger partial charge is 0.313 e. The number of nitrogens with one attached hydrogen (secondary N) is 1. The number of benzene rings is 1. The number of hydrogen-bond donors (Lipinski definition) is 2. The third kappa shape index (κ3) is 2.99. The summed E-state index contributed by atoms with van der Waals surface area (Å²) in [5.74, 6) is 5.24. The summed E-state index contributed by atoms with van der Waals surface area (Å²) in [6.45, 7) is 2.22. The van der Waals surface area contributed by atoms with Crippen LogP contribution >= 0.6 is 0 Å². The Labute approximate surface area is 123 Å². The van der Waals surface area contributed by atoms with Crippen LogP contribution < -0.4 is 11.3 Å². The second-order valence-corrected chi connectivity index (χ2v) is 6.76. The molecule has 1 aliphatic rings. The molecule has 116 valence electrons. The van der Waals surface area contributed by atoms with Gasteiger partial charge in [-0.3, -0.25) is 16.0 Å². The van der Waals surface area contributed by atoms with Crippen LogP contribution in [0.15, 0.2) is 23.1 Å². The second-order valence-electron chi connectivity index (χ2n) is 4.90. The summed E-state index contributed by atoms with van der Waals surface area (Å²) >= 11 is 0. The van der Waals surface area contributed by atoms with Crippen LogP contribution in [0.3, 0.4) is 0 Å². The molecule has 0 aliphatic heterocycles. The van der Waals surface area contributed by atoms with Crippen molar-refractivity contribution in [3.05, 3.63) is 28.3 Å². The summed E-state index contributed by atoms with van der Waals surface area (Å²) in [7, 11) is -3.91. The lowest BCUT2D eigenvalue weighted by atomic mass is 10.3. The van der Waals surface area contributed by atoms with Crippen molar-refractivity contribution in [2.24, 2.45) is 5.84 Å². The number of nitrogen functional groups attached to an aromatic ring is 1. The maximum atomic E-state index is 12.8.